The number of hydrogen-bond acceptors (Lipinski definition) is 6. The number of methoxy groups -OCH3 is 1. The van der Waals surface area contributed by atoms with Gasteiger partial charge in [-0.3, -0.25) is 19.7 Å². The topological polar surface area (TPSA) is 116 Å². The molecule has 1 rings (SSSR count). The van der Waals surface area contributed by atoms with Crippen molar-refractivity contribution in [3.8, 4) is 0 Å². The molecule has 2 N–H and O–H groups in total. The monoisotopic (exact) mass is 281 g/mol. The smallest absolute Gasteiger partial charge is 0.325 e. The van der Waals surface area contributed by atoms with Gasteiger partial charge < -0.3 is 15.4 Å². The molecule has 1 amide bonds. The number of primary amides is 1. The Labute approximate surface area is 115 Å². The highest BCUT2D eigenvalue weighted by Gasteiger charge is 2.22. The average Bonchev–Trinajstić information content (AvgIpc) is 2.43. The van der Waals surface area contributed by atoms with Gasteiger partial charge in [-0.05, 0) is 19.1 Å². The van der Waals surface area contributed by atoms with Crippen molar-refractivity contribution >= 4 is 23.3 Å². The molecule has 0 saturated carbocycles. The number of esters is 1. The number of amides is 1. The van der Waals surface area contributed by atoms with Crippen LogP contribution in [0.15, 0.2) is 18.2 Å². The molecular weight excluding hydrogens is 266 g/mol. The summed E-state index contributed by atoms with van der Waals surface area (Å²) >= 11 is 0. The van der Waals surface area contributed by atoms with Crippen LogP contribution >= 0.6 is 0 Å². The predicted molar refractivity (Wildman–Crippen MR) is 71.5 cm³/mol. The van der Waals surface area contributed by atoms with Crippen LogP contribution in [0, 0.1) is 10.1 Å². The van der Waals surface area contributed by atoms with Crippen molar-refractivity contribution in [1.82, 2.24) is 0 Å². The molecule has 0 aliphatic carbocycles. The van der Waals surface area contributed by atoms with Crippen molar-refractivity contribution < 1.29 is 19.2 Å². The lowest BCUT2D eigenvalue weighted by Gasteiger charge is -2.21. The lowest BCUT2D eigenvalue weighted by atomic mass is 10.1. The van der Waals surface area contributed by atoms with Crippen LogP contribution in [-0.2, 0) is 9.53 Å². The standard InChI is InChI=1S/C12H15N3O5/c1-3-14(7-11(16)20-2)10-6-8(12(13)17)4-5-9(10)15(18)19/h4-6H,3,7H2,1-2H3,(H2,13,17). The van der Waals surface area contributed by atoms with E-state index in [1.807, 2.05) is 0 Å². The van der Waals surface area contributed by atoms with Gasteiger partial charge in [-0.2, -0.15) is 0 Å². The number of anilines is 1. The first-order chi connectivity index (χ1) is 9.40. The summed E-state index contributed by atoms with van der Waals surface area (Å²) in [5.41, 5.74) is 5.24. The summed E-state index contributed by atoms with van der Waals surface area (Å²) < 4.78 is 4.54. The normalized spacial score (nSPS) is 9.90. The number of ether oxygens (including phenoxy) is 1. The van der Waals surface area contributed by atoms with Crippen molar-refractivity contribution in [3.05, 3.63) is 33.9 Å². The van der Waals surface area contributed by atoms with Crippen molar-refractivity contribution in [2.45, 2.75) is 6.92 Å². The molecule has 0 aliphatic rings. The average molecular weight is 281 g/mol. The first-order valence-electron chi connectivity index (χ1n) is 5.80. The third-order valence-electron chi connectivity index (χ3n) is 2.73. The quantitative estimate of drug-likeness (QED) is 0.466. The molecule has 0 bridgehead atoms. The molecule has 0 fully saturated rings. The maximum Gasteiger partial charge on any atom is 0.325 e. The second kappa shape index (κ2) is 6.50. The van der Waals surface area contributed by atoms with Crippen molar-refractivity contribution in [3.63, 3.8) is 0 Å². The van der Waals surface area contributed by atoms with E-state index in [1.165, 1.54) is 30.2 Å². The number of nitrogens with zero attached hydrogens (tertiary/aromatic N) is 2. The third-order valence-corrected chi connectivity index (χ3v) is 2.73. The van der Waals surface area contributed by atoms with Crippen LogP contribution in [0.1, 0.15) is 17.3 Å². The highest BCUT2D eigenvalue weighted by molar-refractivity contribution is 5.95. The summed E-state index contributed by atoms with van der Waals surface area (Å²) in [6.45, 7) is 1.90. The molecule has 0 aromatic heterocycles. The van der Waals surface area contributed by atoms with Gasteiger partial charge in [-0.1, -0.05) is 0 Å². The van der Waals surface area contributed by atoms with Gasteiger partial charge in [-0.15, -0.1) is 0 Å². The van der Waals surface area contributed by atoms with Crippen molar-refractivity contribution in [2.75, 3.05) is 25.1 Å². The van der Waals surface area contributed by atoms with Gasteiger partial charge in [-0.25, -0.2) is 0 Å². The Morgan fingerprint density at radius 3 is 2.55 bits per heavy atom. The summed E-state index contributed by atoms with van der Waals surface area (Å²) in [5, 5.41) is 11.0. The van der Waals surface area contributed by atoms with E-state index >= 15 is 0 Å². The highest BCUT2D eigenvalue weighted by Crippen LogP contribution is 2.29. The molecule has 0 saturated heterocycles. The molecule has 0 radical (unpaired) electrons. The number of benzene rings is 1. The van der Waals surface area contributed by atoms with Crippen LogP contribution in [0.3, 0.4) is 0 Å². The number of carbonyl (C=O) groups is 2. The van der Waals surface area contributed by atoms with Crippen LogP contribution in [0.5, 0.6) is 0 Å². The lowest BCUT2D eigenvalue weighted by Crippen LogP contribution is -2.31. The van der Waals surface area contributed by atoms with E-state index < -0.39 is 16.8 Å². The van der Waals surface area contributed by atoms with E-state index in [-0.39, 0.29) is 23.5 Å². The summed E-state index contributed by atoms with van der Waals surface area (Å²) in [6.07, 6.45) is 0. The van der Waals surface area contributed by atoms with E-state index in [0.717, 1.165) is 0 Å². The summed E-state index contributed by atoms with van der Waals surface area (Å²) in [6, 6.07) is 3.76. The fraction of sp³-hybridized carbons (Fsp3) is 0.333. The number of carbonyl (C=O) groups excluding carboxylic acids is 2. The fourth-order valence-electron chi connectivity index (χ4n) is 1.67. The van der Waals surface area contributed by atoms with Gasteiger partial charge in [0, 0.05) is 18.2 Å². The van der Waals surface area contributed by atoms with Gasteiger partial charge in [0.25, 0.3) is 5.69 Å². The predicted octanol–water partition coefficient (Wildman–Crippen LogP) is 0.693. The molecule has 8 heteroatoms. The van der Waals surface area contributed by atoms with Crippen molar-refractivity contribution in [2.24, 2.45) is 5.73 Å². The summed E-state index contributed by atoms with van der Waals surface area (Å²) in [4.78, 5) is 34.4. The SMILES string of the molecule is CCN(CC(=O)OC)c1cc(C(N)=O)ccc1[N+](=O)[O-]. The number of nitro benzene ring substituents is 1. The molecule has 0 heterocycles. The van der Waals surface area contributed by atoms with Gasteiger partial charge in [0.2, 0.25) is 5.91 Å². The number of nitro groups is 1. The Morgan fingerprint density at radius 1 is 1.45 bits per heavy atom. The molecule has 0 atom stereocenters. The maximum atomic E-state index is 11.3. The minimum atomic E-state index is -0.699. The first-order valence-corrected chi connectivity index (χ1v) is 5.80. The van der Waals surface area contributed by atoms with E-state index in [0.29, 0.717) is 6.54 Å². The van der Waals surface area contributed by atoms with E-state index in [4.69, 9.17) is 5.73 Å². The van der Waals surface area contributed by atoms with E-state index in [2.05, 4.69) is 4.74 Å². The van der Waals surface area contributed by atoms with Crippen LogP contribution in [0.25, 0.3) is 0 Å². The molecule has 8 nitrogen and oxygen atoms in total. The zero-order chi connectivity index (χ0) is 15.3. The Morgan fingerprint density at radius 2 is 2.10 bits per heavy atom. The van der Waals surface area contributed by atoms with Gasteiger partial charge in [0.15, 0.2) is 0 Å². The summed E-state index contributed by atoms with van der Waals surface area (Å²) in [7, 11) is 1.23. The molecular formula is C12H15N3O5. The Hall–Kier alpha value is -2.64. The second-order valence-corrected chi connectivity index (χ2v) is 3.92. The largest absolute Gasteiger partial charge is 0.468 e. The van der Waals surface area contributed by atoms with Gasteiger partial charge >= 0.3 is 5.97 Å². The molecule has 0 aliphatic heterocycles. The van der Waals surface area contributed by atoms with Gasteiger partial charge in [0.05, 0.1) is 12.0 Å². The molecule has 0 spiro atoms. The maximum absolute atomic E-state index is 11.3. The lowest BCUT2D eigenvalue weighted by molar-refractivity contribution is -0.384. The third kappa shape index (κ3) is 3.44. The Bertz CT molecular complexity index is 544. The number of hydrogen-bond donors (Lipinski definition) is 1. The number of rotatable bonds is 6. The highest BCUT2D eigenvalue weighted by atomic mass is 16.6. The minimum Gasteiger partial charge on any atom is -0.468 e. The van der Waals surface area contributed by atoms with Crippen LogP contribution in [0.4, 0.5) is 11.4 Å². The number of nitrogens with two attached hydrogens (primary N) is 1. The van der Waals surface area contributed by atoms with Crippen LogP contribution < -0.4 is 10.6 Å². The van der Waals surface area contributed by atoms with E-state index in [9.17, 15) is 19.7 Å². The van der Waals surface area contributed by atoms with Crippen LogP contribution in [0.2, 0.25) is 0 Å². The fourth-order valence-corrected chi connectivity index (χ4v) is 1.67. The Kier molecular flexibility index (Phi) is 5.01. The van der Waals surface area contributed by atoms with Crippen molar-refractivity contribution in [1.29, 1.82) is 0 Å². The van der Waals surface area contributed by atoms with Crippen LogP contribution in [-0.4, -0.2) is 37.0 Å². The molecule has 108 valence electrons. The molecule has 1 aromatic carbocycles. The minimum absolute atomic E-state index is 0.133. The second-order valence-electron chi connectivity index (χ2n) is 3.92. The summed E-state index contributed by atoms with van der Waals surface area (Å²) in [5.74, 6) is -1.24. The Balaban J connectivity index is 3.28. The zero-order valence-corrected chi connectivity index (χ0v) is 11.2. The van der Waals surface area contributed by atoms with E-state index in [1.54, 1.807) is 6.92 Å². The molecule has 1 aromatic rings. The van der Waals surface area contributed by atoms with Gasteiger partial charge in [0.1, 0.15) is 12.2 Å². The molecule has 20 heavy (non-hydrogen) atoms. The number of likely N-dealkylation sites (N-methyl/N-ethyl adjacent to an activating group) is 1. The first kappa shape index (κ1) is 15.4. The zero-order valence-electron chi connectivity index (χ0n) is 11.2. The molecule has 0 unspecified atom stereocenters.